The molecule has 0 aromatic rings. The van der Waals surface area contributed by atoms with E-state index in [-0.39, 0.29) is 0 Å². The largest absolute Gasteiger partial charge is 0.0657 e. The predicted octanol–water partition coefficient (Wildman–Crippen LogP) is 5.79. The molecule has 0 aliphatic carbocycles. The average Bonchev–Trinajstić information content (AvgIpc) is 2.29. The van der Waals surface area contributed by atoms with Crippen molar-refractivity contribution in [3.05, 3.63) is 0 Å². The first-order valence-corrected chi connectivity index (χ1v) is 14.3. The molecule has 0 aliphatic rings. The van der Waals surface area contributed by atoms with Crippen LogP contribution in [-0.2, 0) is 0 Å². The fourth-order valence-electron chi connectivity index (χ4n) is 3.93. The topological polar surface area (TPSA) is 0 Å². The summed E-state index contributed by atoms with van der Waals surface area (Å²) in [4.78, 5) is 0. The lowest BCUT2D eigenvalue weighted by Crippen LogP contribution is -2.50. The Morgan fingerprint density at radius 3 is 1.18 bits per heavy atom. The van der Waals surface area contributed by atoms with E-state index in [9.17, 15) is 0 Å². The third-order valence-corrected chi connectivity index (χ3v) is 22.7. The van der Waals surface area contributed by atoms with E-state index in [4.69, 9.17) is 0 Å². The molecule has 0 aromatic carbocycles. The van der Waals surface area contributed by atoms with Gasteiger partial charge in [0, 0.05) is 15.9 Å². The molecule has 0 unspecified atom stereocenters. The van der Waals surface area contributed by atoms with E-state index in [1.165, 1.54) is 32.1 Å². The maximum absolute atomic E-state index is 2.43. The van der Waals surface area contributed by atoms with E-state index in [2.05, 4.69) is 34.6 Å². The molecule has 0 rings (SSSR count). The van der Waals surface area contributed by atoms with Crippen LogP contribution in [-0.4, -0.2) is 15.9 Å². The Labute approximate surface area is 113 Å². The van der Waals surface area contributed by atoms with Crippen molar-refractivity contribution in [1.29, 1.82) is 0 Å². The fraction of sp³-hybridized carbons (Fsp3) is 1.00. The van der Waals surface area contributed by atoms with E-state index in [0.29, 0.717) is 0 Å². The lowest BCUT2D eigenvalue weighted by molar-refractivity contribution is 0.931. The van der Waals surface area contributed by atoms with Gasteiger partial charge in [-0.2, -0.15) is 0 Å². The maximum Gasteiger partial charge on any atom is 0.0440 e. The summed E-state index contributed by atoms with van der Waals surface area (Å²) in [7, 11) is -1.23. The molecule has 0 bridgehead atoms. The van der Waals surface area contributed by atoms with Gasteiger partial charge in [0.25, 0.3) is 0 Å². The fourth-order valence-corrected chi connectivity index (χ4v) is 23.5. The minimum atomic E-state index is -0.828. The molecule has 104 valence electrons. The molecule has 2 heteroatoms. The Bertz CT molecular complexity index is 145. The first kappa shape index (κ1) is 17.4. The molecular weight excluding hydrogens is 236 g/mol. The molecule has 0 radical (unpaired) electrons. The summed E-state index contributed by atoms with van der Waals surface area (Å²) in [5.74, 6) is 0. The second-order valence-corrected chi connectivity index (χ2v) is 18.8. The zero-order valence-electron chi connectivity index (χ0n) is 13.1. The van der Waals surface area contributed by atoms with Gasteiger partial charge in [0.2, 0.25) is 0 Å². The first-order chi connectivity index (χ1) is 8.20. The van der Waals surface area contributed by atoms with Crippen LogP contribution in [0.5, 0.6) is 0 Å². The molecule has 0 spiro atoms. The highest BCUT2D eigenvalue weighted by molar-refractivity contribution is 7.33. The van der Waals surface area contributed by atoms with Crippen molar-refractivity contribution in [2.24, 2.45) is 0 Å². The second kappa shape index (κ2) is 10.4. The van der Waals surface area contributed by atoms with Crippen LogP contribution in [0, 0.1) is 0 Å². The van der Waals surface area contributed by atoms with Crippen LogP contribution in [0.15, 0.2) is 0 Å². The molecule has 0 aliphatic heterocycles. The Morgan fingerprint density at radius 2 is 0.941 bits per heavy atom. The van der Waals surface area contributed by atoms with Crippen LogP contribution in [0.4, 0.5) is 0 Å². The second-order valence-electron chi connectivity index (χ2n) is 5.89. The molecule has 0 saturated carbocycles. The first-order valence-electron chi connectivity index (χ1n) is 8.20. The van der Waals surface area contributed by atoms with Gasteiger partial charge in [-0.25, -0.2) is 0 Å². The molecule has 0 aromatic heterocycles. The predicted molar refractivity (Wildman–Crippen MR) is 88.4 cm³/mol. The summed E-state index contributed by atoms with van der Waals surface area (Å²) >= 11 is 0. The normalized spacial score (nSPS) is 12.4. The highest BCUT2D eigenvalue weighted by Crippen LogP contribution is 2.33. The standard InChI is InChI=1S/C15H36Si2/c1-6-11-16(12-7-2)17(13-8-3,14-9-4)15-10-5/h16H,6-15H2,1-5H3. The number of hydrogen-bond donors (Lipinski definition) is 0. The van der Waals surface area contributed by atoms with E-state index < -0.39 is 15.9 Å². The van der Waals surface area contributed by atoms with E-state index in [1.807, 2.05) is 0 Å². The maximum atomic E-state index is 2.43. The lowest BCUT2D eigenvalue weighted by Gasteiger charge is -2.39. The zero-order chi connectivity index (χ0) is 13.1. The van der Waals surface area contributed by atoms with Gasteiger partial charge in [0.1, 0.15) is 0 Å². The zero-order valence-corrected chi connectivity index (χ0v) is 15.3. The van der Waals surface area contributed by atoms with Gasteiger partial charge in [-0.15, -0.1) is 0 Å². The van der Waals surface area contributed by atoms with Crippen molar-refractivity contribution in [3.63, 3.8) is 0 Å². The van der Waals surface area contributed by atoms with Crippen molar-refractivity contribution in [2.75, 3.05) is 0 Å². The highest BCUT2D eigenvalue weighted by atomic mass is 29.2. The summed E-state index contributed by atoms with van der Waals surface area (Å²) in [6, 6.07) is 8.28. The summed E-state index contributed by atoms with van der Waals surface area (Å²) in [6.45, 7) is 12.1. The van der Waals surface area contributed by atoms with Crippen LogP contribution in [0.3, 0.4) is 0 Å². The Hall–Kier alpha value is 0.434. The molecule has 17 heavy (non-hydrogen) atoms. The minimum absolute atomic E-state index is 0.399. The Balaban J connectivity index is 4.87. The van der Waals surface area contributed by atoms with E-state index in [1.54, 1.807) is 30.2 Å². The summed E-state index contributed by atoms with van der Waals surface area (Å²) in [5, 5.41) is 0. The number of hydrogen-bond acceptors (Lipinski definition) is 0. The monoisotopic (exact) mass is 272 g/mol. The Morgan fingerprint density at radius 1 is 0.588 bits per heavy atom. The van der Waals surface area contributed by atoms with Gasteiger partial charge in [0.05, 0.1) is 0 Å². The van der Waals surface area contributed by atoms with Crippen LogP contribution in [0.25, 0.3) is 0 Å². The SMILES string of the molecule is CCC[SiH](CCC)[Si](CCC)(CCC)CCC. The third-order valence-electron chi connectivity index (χ3n) is 4.38. The van der Waals surface area contributed by atoms with Crippen LogP contribution in [0.2, 0.25) is 30.2 Å². The molecular formula is C15H36Si2. The molecule has 0 atom stereocenters. The highest BCUT2D eigenvalue weighted by Gasteiger charge is 2.37. The van der Waals surface area contributed by atoms with E-state index >= 15 is 0 Å². The minimum Gasteiger partial charge on any atom is -0.0657 e. The Kier molecular flexibility index (Phi) is 10.6. The van der Waals surface area contributed by atoms with Crippen LogP contribution < -0.4 is 0 Å². The van der Waals surface area contributed by atoms with Crippen molar-refractivity contribution >= 4 is 15.9 Å². The summed E-state index contributed by atoms with van der Waals surface area (Å²) < 4.78 is 0. The third kappa shape index (κ3) is 5.73. The smallest absolute Gasteiger partial charge is 0.0440 e. The molecule has 0 fully saturated rings. The van der Waals surface area contributed by atoms with Crippen LogP contribution in [0.1, 0.15) is 66.7 Å². The van der Waals surface area contributed by atoms with Gasteiger partial charge in [0.15, 0.2) is 0 Å². The van der Waals surface area contributed by atoms with Gasteiger partial charge >= 0.3 is 0 Å². The van der Waals surface area contributed by atoms with Crippen molar-refractivity contribution in [1.82, 2.24) is 0 Å². The molecule has 0 nitrogen and oxygen atoms in total. The van der Waals surface area contributed by atoms with E-state index in [0.717, 1.165) is 0 Å². The van der Waals surface area contributed by atoms with Crippen molar-refractivity contribution < 1.29 is 0 Å². The van der Waals surface area contributed by atoms with Gasteiger partial charge in [-0.05, 0) is 0 Å². The van der Waals surface area contributed by atoms with Crippen molar-refractivity contribution in [3.8, 4) is 0 Å². The number of rotatable bonds is 11. The van der Waals surface area contributed by atoms with Gasteiger partial charge in [-0.3, -0.25) is 0 Å². The quantitative estimate of drug-likeness (QED) is 0.418. The van der Waals surface area contributed by atoms with Crippen molar-refractivity contribution in [2.45, 2.75) is 96.9 Å². The molecule has 0 saturated heterocycles. The molecule has 0 heterocycles. The van der Waals surface area contributed by atoms with Gasteiger partial charge in [-0.1, -0.05) is 96.9 Å². The van der Waals surface area contributed by atoms with Crippen LogP contribution >= 0.6 is 0 Å². The molecule has 0 amide bonds. The molecule has 0 N–H and O–H groups in total. The average molecular weight is 273 g/mol. The summed E-state index contributed by atoms with van der Waals surface area (Å²) in [5.41, 5.74) is 0. The summed E-state index contributed by atoms with van der Waals surface area (Å²) in [6.07, 6.45) is 7.31. The van der Waals surface area contributed by atoms with Gasteiger partial charge < -0.3 is 0 Å². The lowest BCUT2D eigenvalue weighted by atomic mass is 10.6.